The molecule has 0 spiro atoms. The van der Waals surface area contributed by atoms with Crippen molar-refractivity contribution >= 4 is 23.2 Å². The quantitative estimate of drug-likeness (QED) is 0.627. The first-order chi connectivity index (χ1) is 10.2. The summed E-state index contributed by atoms with van der Waals surface area (Å²) in [6.45, 7) is 0.421. The first-order valence-electron chi connectivity index (χ1n) is 6.09. The van der Waals surface area contributed by atoms with Crippen molar-refractivity contribution in [2.24, 2.45) is 0 Å². The molecule has 0 bridgehead atoms. The number of aromatic nitrogens is 6. The van der Waals surface area contributed by atoms with Crippen LogP contribution < -0.4 is 15.5 Å². The van der Waals surface area contributed by atoms with Gasteiger partial charge in [0.05, 0.1) is 6.54 Å². The van der Waals surface area contributed by atoms with E-state index in [-0.39, 0.29) is 4.87 Å². The molecule has 0 aliphatic rings. The summed E-state index contributed by atoms with van der Waals surface area (Å²) < 4.78 is 1.54. The van der Waals surface area contributed by atoms with E-state index in [0.717, 1.165) is 17.0 Å². The summed E-state index contributed by atoms with van der Waals surface area (Å²) >= 11 is 1.12. The molecule has 0 radical (unpaired) electrons. The van der Waals surface area contributed by atoms with E-state index in [4.69, 9.17) is 0 Å². The van der Waals surface area contributed by atoms with Crippen LogP contribution in [0.1, 0.15) is 5.69 Å². The Hall–Kier alpha value is -2.75. The van der Waals surface area contributed by atoms with Gasteiger partial charge < -0.3 is 15.6 Å². The molecule has 0 aliphatic heterocycles. The number of nitrogens with zero attached hydrogens (tertiary/aromatic N) is 5. The molecule has 108 valence electrons. The Labute approximate surface area is 123 Å². The lowest BCUT2D eigenvalue weighted by atomic mass is 10.5. The Morgan fingerprint density at radius 1 is 1.33 bits per heavy atom. The second-order valence-electron chi connectivity index (χ2n) is 4.01. The zero-order valence-corrected chi connectivity index (χ0v) is 11.9. The molecular weight excluding hydrogens is 292 g/mol. The van der Waals surface area contributed by atoms with E-state index in [9.17, 15) is 4.79 Å². The van der Waals surface area contributed by atoms with Crippen molar-refractivity contribution in [3.05, 3.63) is 39.2 Å². The van der Waals surface area contributed by atoms with Gasteiger partial charge in [-0.1, -0.05) is 11.3 Å². The molecule has 0 amide bonds. The second-order valence-corrected chi connectivity index (χ2v) is 4.85. The maximum atomic E-state index is 11.1. The van der Waals surface area contributed by atoms with Crippen molar-refractivity contribution in [1.29, 1.82) is 0 Å². The number of anilines is 2. The number of rotatable bonds is 5. The molecule has 3 aromatic rings. The molecule has 10 heteroatoms. The van der Waals surface area contributed by atoms with Gasteiger partial charge in [0.2, 0.25) is 11.9 Å². The Morgan fingerprint density at radius 3 is 2.86 bits per heavy atom. The first-order valence-corrected chi connectivity index (χ1v) is 6.97. The number of aromatic amines is 1. The van der Waals surface area contributed by atoms with Crippen LogP contribution in [0.15, 0.2) is 28.6 Å². The largest absolute Gasteiger partial charge is 0.357 e. The van der Waals surface area contributed by atoms with Gasteiger partial charge in [0, 0.05) is 30.5 Å². The third-order valence-electron chi connectivity index (χ3n) is 2.56. The van der Waals surface area contributed by atoms with Crippen LogP contribution in [-0.2, 0) is 6.54 Å². The maximum Gasteiger partial charge on any atom is 0.304 e. The van der Waals surface area contributed by atoms with Crippen molar-refractivity contribution < 1.29 is 0 Å². The molecule has 0 atom stereocenters. The standard InChI is InChI=1S/C11H12N8OS/c1-12-8-16-9(13-5-7-6-21-11(20)15-7)18-10(17-8)19-4-2-3-14-19/h2-4,6H,5H2,1H3,(H,15,20)(H2,12,13,16,17,18). The molecule has 21 heavy (non-hydrogen) atoms. The highest BCUT2D eigenvalue weighted by Crippen LogP contribution is 2.09. The van der Waals surface area contributed by atoms with Crippen LogP contribution in [0.25, 0.3) is 5.95 Å². The normalized spacial score (nSPS) is 10.5. The summed E-state index contributed by atoms with van der Waals surface area (Å²) in [7, 11) is 1.72. The predicted molar refractivity (Wildman–Crippen MR) is 78.8 cm³/mol. The molecule has 9 nitrogen and oxygen atoms in total. The third-order valence-corrected chi connectivity index (χ3v) is 3.28. The molecule has 3 N–H and O–H groups in total. The topological polar surface area (TPSA) is 113 Å². The van der Waals surface area contributed by atoms with Crippen LogP contribution >= 0.6 is 11.3 Å². The fourth-order valence-electron chi connectivity index (χ4n) is 1.62. The molecular formula is C11H12N8OS. The van der Waals surface area contributed by atoms with Gasteiger partial charge in [0.1, 0.15) is 0 Å². The molecule has 3 aromatic heterocycles. The molecule has 0 aromatic carbocycles. The van der Waals surface area contributed by atoms with Crippen LogP contribution in [0.2, 0.25) is 0 Å². The van der Waals surface area contributed by atoms with Gasteiger partial charge in [0.25, 0.3) is 5.95 Å². The second kappa shape index (κ2) is 5.71. The minimum atomic E-state index is -0.0874. The third kappa shape index (κ3) is 3.05. The highest BCUT2D eigenvalue weighted by atomic mass is 32.1. The maximum absolute atomic E-state index is 11.1. The minimum absolute atomic E-state index is 0.0874. The van der Waals surface area contributed by atoms with Crippen LogP contribution in [0, 0.1) is 0 Å². The van der Waals surface area contributed by atoms with E-state index in [1.54, 1.807) is 35.6 Å². The van der Waals surface area contributed by atoms with Crippen LogP contribution in [0.5, 0.6) is 0 Å². The molecule has 3 rings (SSSR count). The molecule has 0 fully saturated rings. The lowest BCUT2D eigenvalue weighted by Gasteiger charge is -2.07. The summed E-state index contributed by atoms with van der Waals surface area (Å²) in [5, 5.41) is 11.8. The lowest BCUT2D eigenvalue weighted by Crippen LogP contribution is -2.12. The van der Waals surface area contributed by atoms with Gasteiger partial charge in [-0.2, -0.15) is 20.1 Å². The fourth-order valence-corrected chi connectivity index (χ4v) is 2.20. The Morgan fingerprint density at radius 2 is 2.19 bits per heavy atom. The Balaban J connectivity index is 1.84. The molecule has 0 saturated carbocycles. The summed E-state index contributed by atoms with van der Waals surface area (Å²) in [5.74, 6) is 1.23. The van der Waals surface area contributed by atoms with Crippen molar-refractivity contribution in [3.63, 3.8) is 0 Å². The number of nitrogens with one attached hydrogen (secondary N) is 3. The Bertz CT molecular complexity index is 778. The van der Waals surface area contributed by atoms with E-state index < -0.39 is 0 Å². The van der Waals surface area contributed by atoms with E-state index in [0.29, 0.717) is 24.4 Å². The minimum Gasteiger partial charge on any atom is -0.357 e. The van der Waals surface area contributed by atoms with Gasteiger partial charge in [-0.25, -0.2) is 4.68 Å². The van der Waals surface area contributed by atoms with Crippen molar-refractivity contribution in [2.75, 3.05) is 17.7 Å². The smallest absolute Gasteiger partial charge is 0.304 e. The molecule has 0 aliphatic carbocycles. The lowest BCUT2D eigenvalue weighted by molar-refractivity contribution is 0.796. The van der Waals surface area contributed by atoms with Gasteiger partial charge >= 0.3 is 4.87 Å². The first kappa shape index (κ1) is 13.2. The van der Waals surface area contributed by atoms with Gasteiger partial charge in [-0.15, -0.1) is 0 Å². The average molecular weight is 304 g/mol. The Kier molecular flexibility index (Phi) is 3.60. The van der Waals surface area contributed by atoms with Crippen LogP contribution in [0.3, 0.4) is 0 Å². The van der Waals surface area contributed by atoms with Crippen molar-refractivity contribution in [2.45, 2.75) is 6.54 Å². The zero-order valence-electron chi connectivity index (χ0n) is 11.1. The fraction of sp³-hybridized carbons (Fsp3) is 0.182. The molecule has 0 unspecified atom stereocenters. The number of hydrogen-bond donors (Lipinski definition) is 3. The summed E-state index contributed by atoms with van der Waals surface area (Å²) in [5.41, 5.74) is 0.775. The SMILES string of the molecule is CNc1nc(NCc2csc(=O)[nH]2)nc(-n2cccn2)n1. The summed E-state index contributed by atoms with van der Waals surface area (Å²) in [6.07, 6.45) is 3.39. The highest BCUT2D eigenvalue weighted by Gasteiger charge is 2.08. The monoisotopic (exact) mass is 304 g/mol. The van der Waals surface area contributed by atoms with Gasteiger partial charge in [0.15, 0.2) is 0 Å². The number of thiazole rings is 1. The van der Waals surface area contributed by atoms with E-state index in [1.165, 1.54) is 0 Å². The number of H-pyrrole nitrogens is 1. The molecule has 0 saturated heterocycles. The van der Waals surface area contributed by atoms with E-state index >= 15 is 0 Å². The van der Waals surface area contributed by atoms with Crippen molar-refractivity contribution in [1.82, 2.24) is 29.7 Å². The summed E-state index contributed by atoms with van der Waals surface area (Å²) in [6, 6.07) is 1.78. The van der Waals surface area contributed by atoms with Crippen LogP contribution in [-0.4, -0.2) is 36.8 Å². The van der Waals surface area contributed by atoms with Gasteiger partial charge in [-0.05, 0) is 6.07 Å². The average Bonchev–Trinajstić information content (AvgIpc) is 3.16. The highest BCUT2D eigenvalue weighted by molar-refractivity contribution is 7.07. The predicted octanol–water partition coefficient (Wildman–Crippen LogP) is 0.461. The van der Waals surface area contributed by atoms with Crippen molar-refractivity contribution in [3.8, 4) is 5.95 Å². The van der Waals surface area contributed by atoms with E-state index in [1.807, 2.05) is 0 Å². The zero-order chi connectivity index (χ0) is 14.7. The van der Waals surface area contributed by atoms with Crippen LogP contribution in [0.4, 0.5) is 11.9 Å². The summed E-state index contributed by atoms with van der Waals surface area (Å²) in [4.78, 5) is 26.4. The molecule has 3 heterocycles. The number of hydrogen-bond acceptors (Lipinski definition) is 8. The van der Waals surface area contributed by atoms with E-state index in [2.05, 4.69) is 35.7 Å². The van der Waals surface area contributed by atoms with Gasteiger partial charge in [-0.3, -0.25) is 4.79 Å².